The van der Waals surface area contributed by atoms with Crippen molar-refractivity contribution in [3.05, 3.63) is 40.9 Å². The Hall–Kier alpha value is -1.19. The van der Waals surface area contributed by atoms with Gasteiger partial charge in [0.2, 0.25) is 5.91 Å². The molecule has 0 bridgehead atoms. The van der Waals surface area contributed by atoms with Crippen LogP contribution >= 0.6 is 23.2 Å². The number of carbonyl (C=O) groups excluding carboxylic acids is 1. The van der Waals surface area contributed by atoms with Crippen LogP contribution < -0.4 is 10.6 Å². The van der Waals surface area contributed by atoms with E-state index < -0.39 is 0 Å². The highest BCUT2D eigenvalue weighted by molar-refractivity contribution is 6.36. The Bertz CT molecular complexity index is 394. The molecule has 0 radical (unpaired) electrons. The van der Waals surface area contributed by atoms with Crippen LogP contribution in [0.15, 0.2) is 30.9 Å². The molecule has 1 aromatic carbocycles. The quantitative estimate of drug-likeness (QED) is 0.798. The zero-order valence-corrected chi connectivity index (χ0v) is 10.1. The van der Waals surface area contributed by atoms with Gasteiger partial charge in [-0.2, -0.15) is 0 Å². The second-order valence-corrected chi connectivity index (χ2v) is 3.91. The predicted molar refractivity (Wildman–Crippen MR) is 68.2 cm³/mol. The van der Waals surface area contributed by atoms with Crippen molar-refractivity contribution >= 4 is 34.8 Å². The van der Waals surface area contributed by atoms with Gasteiger partial charge in [-0.1, -0.05) is 29.3 Å². The van der Waals surface area contributed by atoms with Gasteiger partial charge >= 0.3 is 0 Å². The van der Waals surface area contributed by atoms with Gasteiger partial charge < -0.3 is 10.6 Å². The summed E-state index contributed by atoms with van der Waals surface area (Å²) in [5, 5.41) is 6.61. The van der Waals surface area contributed by atoms with Crippen molar-refractivity contribution in [1.82, 2.24) is 5.32 Å². The van der Waals surface area contributed by atoms with E-state index >= 15 is 0 Å². The molecule has 0 saturated carbocycles. The number of amides is 1. The molecule has 0 aliphatic carbocycles. The van der Waals surface area contributed by atoms with E-state index in [0.29, 0.717) is 22.3 Å². The maximum absolute atomic E-state index is 11.3. The van der Waals surface area contributed by atoms with Crippen molar-refractivity contribution in [2.45, 2.75) is 0 Å². The number of hydrogen-bond acceptors (Lipinski definition) is 2. The van der Waals surface area contributed by atoms with E-state index in [9.17, 15) is 4.79 Å². The highest BCUT2D eigenvalue weighted by atomic mass is 35.5. The Kier molecular flexibility index (Phi) is 5.15. The lowest BCUT2D eigenvalue weighted by Gasteiger charge is -2.08. The molecule has 0 fully saturated rings. The lowest BCUT2D eigenvalue weighted by atomic mass is 10.3. The average molecular weight is 259 g/mol. The molecular weight excluding hydrogens is 247 g/mol. The van der Waals surface area contributed by atoms with Crippen molar-refractivity contribution in [1.29, 1.82) is 0 Å². The summed E-state index contributed by atoms with van der Waals surface area (Å²) in [5.74, 6) is -0.120. The fourth-order valence-electron chi connectivity index (χ4n) is 1.06. The maximum Gasteiger partial charge on any atom is 0.239 e. The van der Waals surface area contributed by atoms with Crippen LogP contribution in [-0.2, 0) is 4.79 Å². The van der Waals surface area contributed by atoms with Crippen LogP contribution in [0, 0.1) is 0 Å². The zero-order valence-electron chi connectivity index (χ0n) is 8.59. The minimum Gasteiger partial charge on any atom is -0.375 e. The van der Waals surface area contributed by atoms with Crippen LogP contribution in [-0.4, -0.2) is 19.0 Å². The molecule has 1 aromatic rings. The first-order valence-electron chi connectivity index (χ1n) is 4.70. The third-order valence-electron chi connectivity index (χ3n) is 1.81. The monoisotopic (exact) mass is 258 g/mol. The molecule has 5 heteroatoms. The molecule has 0 aliphatic rings. The van der Waals surface area contributed by atoms with E-state index in [1.54, 1.807) is 24.3 Å². The van der Waals surface area contributed by atoms with Gasteiger partial charge in [0.15, 0.2) is 0 Å². The SMILES string of the molecule is C=CCNC(=O)CNc1ccc(Cl)cc1Cl. The molecule has 1 rings (SSSR count). The second-order valence-electron chi connectivity index (χ2n) is 3.07. The largest absolute Gasteiger partial charge is 0.375 e. The number of hydrogen-bond donors (Lipinski definition) is 2. The van der Waals surface area contributed by atoms with Gasteiger partial charge in [0, 0.05) is 11.6 Å². The summed E-state index contributed by atoms with van der Waals surface area (Å²) in [6.07, 6.45) is 1.62. The summed E-state index contributed by atoms with van der Waals surface area (Å²) < 4.78 is 0. The van der Waals surface area contributed by atoms with Crippen LogP contribution in [0.4, 0.5) is 5.69 Å². The molecular formula is C11H12Cl2N2O. The van der Waals surface area contributed by atoms with E-state index in [0.717, 1.165) is 0 Å². The van der Waals surface area contributed by atoms with Gasteiger partial charge in [-0.05, 0) is 18.2 Å². The van der Waals surface area contributed by atoms with Crippen molar-refractivity contribution in [3.63, 3.8) is 0 Å². The summed E-state index contributed by atoms with van der Waals surface area (Å²) in [6.45, 7) is 4.12. The molecule has 0 aromatic heterocycles. The summed E-state index contributed by atoms with van der Waals surface area (Å²) >= 11 is 11.7. The third-order valence-corrected chi connectivity index (χ3v) is 2.36. The Morgan fingerprint density at radius 2 is 2.19 bits per heavy atom. The van der Waals surface area contributed by atoms with Crippen LogP contribution in [0.1, 0.15) is 0 Å². The predicted octanol–water partition coefficient (Wildman–Crippen LogP) is 2.71. The Labute approximate surface area is 104 Å². The van der Waals surface area contributed by atoms with Crippen LogP contribution in [0.2, 0.25) is 10.0 Å². The number of anilines is 1. The zero-order chi connectivity index (χ0) is 12.0. The number of carbonyl (C=O) groups is 1. The molecule has 0 heterocycles. The van der Waals surface area contributed by atoms with Crippen LogP contribution in [0.25, 0.3) is 0 Å². The summed E-state index contributed by atoms with van der Waals surface area (Å²) in [6, 6.07) is 5.05. The molecule has 16 heavy (non-hydrogen) atoms. The van der Waals surface area contributed by atoms with Gasteiger partial charge in [-0.3, -0.25) is 4.79 Å². The summed E-state index contributed by atoms with van der Waals surface area (Å²) in [4.78, 5) is 11.3. The van der Waals surface area contributed by atoms with Crippen molar-refractivity contribution < 1.29 is 4.79 Å². The lowest BCUT2D eigenvalue weighted by molar-refractivity contribution is -0.119. The van der Waals surface area contributed by atoms with E-state index in [-0.39, 0.29) is 12.5 Å². The van der Waals surface area contributed by atoms with Crippen molar-refractivity contribution in [3.8, 4) is 0 Å². The Morgan fingerprint density at radius 3 is 2.81 bits per heavy atom. The molecule has 2 N–H and O–H groups in total. The number of benzene rings is 1. The van der Waals surface area contributed by atoms with Gasteiger partial charge in [-0.25, -0.2) is 0 Å². The molecule has 0 saturated heterocycles. The van der Waals surface area contributed by atoms with Crippen LogP contribution in [0.3, 0.4) is 0 Å². The molecule has 1 amide bonds. The first-order valence-corrected chi connectivity index (χ1v) is 5.45. The minimum atomic E-state index is -0.120. The van der Waals surface area contributed by atoms with Gasteiger partial charge in [-0.15, -0.1) is 6.58 Å². The summed E-state index contributed by atoms with van der Waals surface area (Å²) in [5.41, 5.74) is 0.680. The van der Waals surface area contributed by atoms with Crippen LogP contribution in [0.5, 0.6) is 0 Å². The maximum atomic E-state index is 11.3. The topological polar surface area (TPSA) is 41.1 Å². The third kappa shape index (κ3) is 4.13. The summed E-state index contributed by atoms with van der Waals surface area (Å²) in [7, 11) is 0. The van der Waals surface area contributed by atoms with E-state index in [2.05, 4.69) is 17.2 Å². The molecule has 3 nitrogen and oxygen atoms in total. The lowest BCUT2D eigenvalue weighted by Crippen LogP contribution is -2.29. The number of halogens is 2. The molecule has 86 valence electrons. The Balaban J connectivity index is 2.48. The molecule has 0 unspecified atom stereocenters. The fraction of sp³-hybridized carbons (Fsp3) is 0.182. The second kappa shape index (κ2) is 6.40. The first-order chi connectivity index (χ1) is 7.63. The number of nitrogens with one attached hydrogen (secondary N) is 2. The first kappa shape index (κ1) is 12.9. The van der Waals surface area contributed by atoms with Gasteiger partial charge in [0.1, 0.15) is 0 Å². The van der Waals surface area contributed by atoms with E-state index in [4.69, 9.17) is 23.2 Å². The fourth-order valence-corrected chi connectivity index (χ4v) is 1.53. The molecule has 0 spiro atoms. The normalized spacial score (nSPS) is 9.62. The molecule has 0 atom stereocenters. The average Bonchev–Trinajstić information content (AvgIpc) is 2.25. The van der Waals surface area contributed by atoms with Gasteiger partial charge in [0.05, 0.1) is 17.3 Å². The van der Waals surface area contributed by atoms with Crippen molar-refractivity contribution in [2.75, 3.05) is 18.4 Å². The number of rotatable bonds is 5. The van der Waals surface area contributed by atoms with Gasteiger partial charge in [0.25, 0.3) is 0 Å². The Morgan fingerprint density at radius 1 is 1.44 bits per heavy atom. The highest BCUT2D eigenvalue weighted by Gasteiger charge is 2.03. The smallest absolute Gasteiger partial charge is 0.239 e. The standard InChI is InChI=1S/C11H12Cl2N2O/c1-2-5-14-11(16)7-15-10-4-3-8(12)6-9(10)13/h2-4,6,15H,1,5,7H2,(H,14,16). The minimum absolute atomic E-state index is 0.120. The molecule has 0 aliphatic heterocycles. The van der Waals surface area contributed by atoms with E-state index in [1.165, 1.54) is 0 Å². The highest BCUT2D eigenvalue weighted by Crippen LogP contribution is 2.24. The van der Waals surface area contributed by atoms with E-state index in [1.807, 2.05) is 0 Å². The van der Waals surface area contributed by atoms with Crippen molar-refractivity contribution in [2.24, 2.45) is 0 Å².